The molecule has 2 aromatic heterocycles. The molecule has 0 aliphatic rings. The van der Waals surface area contributed by atoms with Crippen molar-refractivity contribution < 1.29 is 14.8 Å². The summed E-state index contributed by atoms with van der Waals surface area (Å²) >= 11 is 0. The second-order valence-corrected chi connectivity index (χ2v) is 4.18. The van der Waals surface area contributed by atoms with Gasteiger partial charge in [-0.1, -0.05) is 0 Å². The van der Waals surface area contributed by atoms with Gasteiger partial charge in [-0.05, 0) is 24.1 Å². The molecule has 0 radical (unpaired) electrons. The zero-order valence-corrected chi connectivity index (χ0v) is 10.9. The Balaban J connectivity index is 2.05. The molecule has 0 atom stereocenters. The van der Waals surface area contributed by atoms with Gasteiger partial charge in [0, 0.05) is 25.0 Å². The number of nitro groups is 1. The van der Waals surface area contributed by atoms with Gasteiger partial charge in [0.1, 0.15) is 17.6 Å². The minimum atomic E-state index is -1.36. The topological polar surface area (TPSA) is 118 Å². The Kier molecular flexibility index (Phi) is 4.39. The van der Waals surface area contributed by atoms with E-state index in [0.29, 0.717) is 13.0 Å². The molecule has 2 aromatic rings. The lowest BCUT2D eigenvalue weighted by Gasteiger charge is -2.06. The van der Waals surface area contributed by atoms with E-state index in [9.17, 15) is 14.9 Å². The molecule has 0 unspecified atom stereocenters. The van der Waals surface area contributed by atoms with Crippen LogP contribution in [0.4, 0.5) is 11.5 Å². The SMILES string of the molecule is O=C(O)c1cc(NCCc2ccncc2)ncc1[N+](=O)[O-]. The van der Waals surface area contributed by atoms with Crippen molar-refractivity contribution in [2.75, 3.05) is 11.9 Å². The number of carboxylic acid groups (broad SMARTS) is 1. The predicted molar refractivity (Wildman–Crippen MR) is 74.3 cm³/mol. The van der Waals surface area contributed by atoms with Crippen molar-refractivity contribution in [3.05, 3.63) is 58.0 Å². The summed E-state index contributed by atoms with van der Waals surface area (Å²) in [6.45, 7) is 0.522. The third-order valence-electron chi connectivity index (χ3n) is 2.78. The highest BCUT2D eigenvalue weighted by molar-refractivity contribution is 5.93. The van der Waals surface area contributed by atoms with Crippen LogP contribution in [0.25, 0.3) is 0 Å². The number of aromatic carboxylic acids is 1. The Hall–Kier alpha value is -3.03. The highest BCUT2D eigenvalue weighted by atomic mass is 16.6. The molecular weight excluding hydrogens is 276 g/mol. The molecule has 0 saturated carbocycles. The van der Waals surface area contributed by atoms with E-state index in [1.165, 1.54) is 0 Å². The van der Waals surface area contributed by atoms with E-state index in [-0.39, 0.29) is 11.4 Å². The third kappa shape index (κ3) is 3.72. The van der Waals surface area contributed by atoms with E-state index < -0.39 is 16.6 Å². The fourth-order valence-corrected chi connectivity index (χ4v) is 1.75. The number of nitrogens with one attached hydrogen (secondary N) is 1. The van der Waals surface area contributed by atoms with Gasteiger partial charge < -0.3 is 10.4 Å². The average Bonchev–Trinajstić information content (AvgIpc) is 2.48. The molecule has 2 rings (SSSR count). The van der Waals surface area contributed by atoms with Crippen LogP contribution in [0, 0.1) is 10.1 Å². The second kappa shape index (κ2) is 6.42. The molecule has 0 aliphatic heterocycles. The van der Waals surface area contributed by atoms with Gasteiger partial charge in [-0.2, -0.15) is 0 Å². The number of carboxylic acids is 1. The molecule has 8 heteroatoms. The van der Waals surface area contributed by atoms with Crippen LogP contribution in [-0.4, -0.2) is 32.5 Å². The molecule has 108 valence electrons. The lowest BCUT2D eigenvalue weighted by atomic mass is 10.2. The molecule has 2 heterocycles. The van der Waals surface area contributed by atoms with Crippen molar-refractivity contribution in [1.82, 2.24) is 9.97 Å². The number of nitrogens with zero attached hydrogens (tertiary/aromatic N) is 3. The highest BCUT2D eigenvalue weighted by Crippen LogP contribution is 2.20. The Morgan fingerprint density at radius 3 is 2.71 bits per heavy atom. The van der Waals surface area contributed by atoms with E-state index >= 15 is 0 Å². The second-order valence-electron chi connectivity index (χ2n) is 4.18. The van der Waals surface area contributed by atoms with Gasteiger partial charge in [0.2, 0.25) is 0 Å². The van der Waals surface area contributed by atoms with Crippen molar-refractivity contribution in [1.29, 1.82) is 0 Å². The Morgan fingerprint density at radius 1 is 1.38 bits per heavy atom. The molecule has 2 N–H and O–H groups in total. The summed E-state index contributed by atoms with van der Waals surface area (Å²) in [4.78, 5) is 28.7. The molecule has 0 fully saturated rings. The first-order valence-electron chi connectivity index (χ1n) is 6.08. The van der Waals surface area contributed by atoms with E-state index in [0.717, 1.165) is 17.8 Å². The summed E-state index contributed by atoms with van der Waals surface area (Å²) in [5.74, 6) is -1.08. The third-order valence-corrected chi connectivity index (χ3v) is 2.78. The van der Waals surface area contributed by atoms with Crippen molar-refractivity contribution in [3.63, 3.8) is 0 Å². The van der Waals surface area contributed by atoms with Crippen molar-refractivity contribution in [2.45, 2.75) is 6.42 Å². The molecule has 0 aromatic carbocycles. The molecule has 0 saturated heterocycles. The van der Waals surface area contributed by atoms with Crippen molar-refractivity contribution in [3.8, 4) is 0 Å². The Bertz CT molecular complexity index is 660. The van der Waals surface area contributed by atoms with E-state index in [4.69, 9.17) is 5.11 Å². The molecule has 0 aliphatic carbocycles. The number of carbonyl (C=O) groups is 1. The number of aromatic nitrogens is 2. The number of anilines is 1. The molecule has 0 bridgehead atoms. The van der Waals surface area contributed by atoms with E-state index in [2.05, 4.69) is 15.3 Å². The maximum Gasteiger partial charge on any atom is 0.342 e. The maximum atomic E-state index is 11.0. The number of pyridine rings is 2. The molecule has 8 nitrogen and oxygen atoms in total. The zero-order valence-electron chi connectivity index (χ0n) is 10.9. The lowest BCUT2D eigenvalue weighted by Crippen LogP contribution is -2.09. The zero-order chi connectivity index (χ0) is 15.2. The van der Waals surface area contributed by atoms with Crippen LogP contribution in [0.2, 0.25) is 0 Å². The van der Waals surface area contributed by atoms with Gasteiger partial charge in [-0.3, -0.25) is 15.1 Å². The number of hydrogen-bond acceptors (Lipinski definition) is 6. The summed E-state index contributed by atoms with van der Waals surface area (Å²) in [7, 11) is 0. The Morgan fingerprint density at radius 2 is 2.10 bits per heavy atom. The van der Waals surface area contributed by atoms with Gasteiger partial charge in [0.05, 0.1) is 4.92 Å². The van der Waals surface area contributed by atoms with Gasteiger partial charge in [0.15, 0.2) is 0 Å². The standard InChI is InChI=1S/C13H12N4O4/c18-13(19)10-7-12(16-8-11(10)17(20)21)15-6-3-9-1-4-14-5-2-9/h1-2,4-5,7-8H,3,6H2,(H,15,16)(H,18,19). The maximum absolute atomic E-state index is 11.0. The summed E-state index contributed by atoms with van der Waals surface area (Å²) in [5.41, 5.74) is 0.154. The number of rotatable bonds is 6. The van der Waals surface area contributed by atoms with Crippen LogP contribution < -0.4 is 5.32 Å². The van der Waals surface area contributed by atoms with Gasteiger partial charge in [-0.15, -0.1) is 0 Å². The fourth-order valence-electron chi connectivity index (χ4n) is 1.75. The first kappa shape index (κ1) is 14.4. The van der Waals surface area contributed by atoms with E-state index in [1.54, 1.807) is 12.4 Å². The van der Waals surface area contributed by atoms with Gasteiger partial charge in [0.25, 0.3) is 0 Å². The fraction of sp³-hybridized carbons (Fsp3) is 0.154. The quantitative estimate of drug-likeness (QED) is 0.613. The minimum Gasteiger partial charge on any atom is -0.477 e. The number of hydrogen-bond donors (Lipinski definition) is 2. The minimum absolute atomic E-state index is 0.284. The van der Waals surface area contributed by atoms with E-state index in [1.807, 2.05) is 12.1 Å². The van der Waals surface area contributed by atoms with Crippen molar-refractivity contribution >= 4 is 17.5 Å². The highest BCUT2D eigenvalue weighted by Gasteiger charge is 2.20. The van der Waals surface area contributed by atoms with Crippen LogP contribution >= 0.6 is 0 Å². The Labute approximate surface area is 119 Å². The predicted octanol–water partition coefficient (Wildman–Crippen LogP) is 1.74. The molecule has 21 heavy (non-hydrogen) atoms. The van der Waals surface area contributed by atoms with Crippen LogP contribution in [0.1, 0.15) is 15.9 Å². The van der Waals surface area contributed by atoms with Crippen LogP contribution in [0.5, 0.6) is 0 Å². The normalized spacial score (nSPS) is 10.1. The monoisotopic (exact) mass is 288 g/mol. The molecule has 0 amide bonds. The first-order valence-corrected chi connectivity index (χ1v) is 6.08. The lowest BCUT2D eigenvalue weighted by molar-refractivity contribution is -0.385. The van der Waals surface area contributed by atoms with Gasteiger partial charge >= 0.3 is 11.7 Å². The first-order chi connectivity index (χ1) is 10.1. The molecule has 0 spiro atoms. The largest absolute Gasteiger partial charge is 0.477 e. The summed E-state index contributed by atoms with van der Waals surface area (Å²) in [6.07, 6.45) is 5.01. The molecular formula is C13H12N4O4. The summed E-state index contributed by atoms with van der Waals surface area (Å²) in [6, 6.07) is 4.90. The van der Waals surface area contributed by atoms with Crippen LogP contribution in [-0.2, 0) is 6.42 Å². The van der Waals surface area contributed by atoms with Gasteiger partial charge in [-0.25, -0.2) is 9.78 Å². The average molecular weight is 288 g/mol. The summed E-state index contributed by atoms with van der Waals surface area (Å²) < 4.78 is 0. The van der Waals surface area contributed by atoms with Crippen molar-refractivity contribution in [2.24, 2.45) is 0 Å². The van der Waals surface area contributed by atoms with Crippen LogP contribution in [0.3, 0.4) is 0 Å². The van der Waals surface area contributed by atoms with Crippen LogP contribution in [0.15, 0.2) is 36.8 Å². The summed E-state index contributed by atoms with van der Waals surface area (Å²) in [5, 5.41) is 22.6. The smallest absolute Gasteiger partial charge is 0.342 e.